The van der Waals surface area contributed by atoms with Crippen molar-refractivity contribution in [2.45, 2.75) is 26.2 Å². The van der Waals surface area contributed by atoms with Gasteiger partial charge in [0, 0.05) is 6.42 Å². The zero-order chi connectivity index (χ0) is 21.7. The van der Waals surface area contributed by atoms with E-state index in [1.54, 1.807) is 48.5 Å². The number of benzene rings is 2. The maximum Gasteiger partial charge on any atom is 0.241 e. The molecule has 2 heterocycles. The number of rotatable bonds is 3. The SMILES string of the molecule is CC1=C([C@@H]2CC(=O)N(c3ccccc3)C2=O)CC[C@@H]2C(=O)N(c3ccccc3)C(=O)[C@@H]12. The molecule has 0 bridgehead atoms. The molecule has 5 rings (SSSR count). The van der Waals surface area contributed by atoms with Gasteiger partial charge in [0.05, 0.1) is 29.1 Å². The van der Waals surface area contributed by atoms with Crippen molar-refractivity contribution in [3.63, 3.8) is 0 Å². The lowest BCUT2D eigenvalue weighted by atomic mass is 9.73. The van der Waals surface area contributed by atoms with Crippen molar-refractivity contribution < 1.29 is 19.2 Å². The molecule has 2 aromatic carbocycles. The number of imide groups is 2. The average Bonchev–Trinajstić information content (AvgIpc) is 3.22. The van der Waals surface area contributed by atoms with E-state index in [0.29, 0.717) is 24.2 Å². The first-order chi connectivity index (χ1) is 15.0. The molecule has 6 nitrogen and oxygen atoms in total. The van der Waals surface area contributed by atoms with Gasteiger partial charge in [-0.25, -0.2) is 4.90 Å². The standard InChI is InChI=1S/C25H22N2O4/c1-15-18(20-14-21(28)26(24(20)30)16-8-4-2-5-9-16)12-13-19-22(15)25(31)27(23(19)29)17-10-6-3-7-11-17/h2-11,19-20,22H,12-14H2,1H3/t19-,20-,22-/m0/s1. The van der Waals surface area contributed by atoms with Crippen LogP contribution in [0.2, 0.25) is 0 Å². The van der Waals surface area contributed by atoms with Gasteiger partial charge in [0.25, 0.3) is 0 Å². The number of amides is 4. The van der Waals surface area contributed by atoms with Gasteiger partial charge >= 0.3 is 0 Å². The number of anilines is 2. The Morgan fingerprint density at radius 2 is 1.32 bits per heavy atom. The molecule has 2 saturated heterocycles. The second-order valence-electron chi connectivity index (χ2n) is 8.34. The Labute approximate surface area is 180 Å². The molecule has 1 aliphatic carbocycles. The van der Waals surface area contributed by atoms with E-state index < -0.39 is 17.8 Å². The van der Waals surface area contributed by atoms with Crippen molar-refractivity contribution in [3.8, 4) is 0 Å². The van der Waals surface area contributed by atoms with Crippen LogP contribution >= 0.6 is 0 Å². The molecule has 2 aliphatic heterocycles. The van der Waals surface area contributed by atoms with Gasteiger partial charge in [-0.3, -0.25) is 24.1 Å². The number of nitrogens with zero attached hydrogens (tertiary/aromatic N) is 2. The largest absolute Gasteiger partial charge is 0.274 e. The van der Waals surface area contributed by atoms with Gasteiger partial charge in [-0.15, -0.1) is 0 Å². The summed E-state index contributed by atoms with van der Waals surface area (Å²) in [4.78, 5) is 54.7. The van der Waals surface area contributed by atoms with E-state index in [2.05, 4.69) is 0 Å². The average molecular weight is 414 g/mol. The predicted molar refractivity (Wildman–Crippen MR) is 115 cm³/mol. The summed E-state index contributed by atoms with van der Waals surface area (Å²) < 4.78 is 0. The van der Waals surface area contributed by atoms with Gasteiger partial charge in [-0.2, -0.15) is 0 Å². The minimum atomic E-state index is -0.567. The highest BCUT2D eigenvalue weighted by atomic mass is 16.2. The number of para-hydroxylation sites is 2. The second kappa shape index (κ2) is 7.30. The van der Waals surface area contributed by atoms with Crippen LogP contribution in [0.5, 0.6) is 0 Å². The maximum absolute atomic E-state index is 13.3. The van der Waals surface area contributed by atoms with Gasteiger partial charge in [0.2, 0.25) is 23.6 Å². The number of hydrogen-bond donors (Lipinski definition) is 0. The lowest BCUT2D eigenvalue weighted by Gasteiger charge is -2.28. The van der Waals surface area contributed by atoms with Crippen LogP contribution in [0, 0.1) is 17.8 Å². The Morgan fingerprint density at radius 1 is 0.742 bits per heavy atom. The topological polar surface area (TPSA) is 74.8 Å². The first-order valence-electron chi connectivity index (χ1n) is 10.5. The summed E-state index contributed by atoms with van der Waals surface area (Å²) in [6.07, 6.45) is 1.15. The molecule has 0 N–H and O–H groups in total. The molecule has 0 saturated carbocycles. The highest BCUT2D eigenvalue weighted by Crippen LogP contribution is 2.46. The molecule has 31 heavy (non-hydrogen) atoms. The number of carbonyl (C=O) groups excluding carboxylic acids is 4. The van der Waals surface area contributed by atoms with Crippen LogP contribution in [-0.2, 0) is 19.2 Å². The predicted octanol–water partition coefficient (Wildman–Crippen LogP) is 3.48. The summed E-state index contributed by atoms with van der Waals surface area (Å²) in [7, 11) is 0. The van der Waals surface area contributed by atoms with Gasteiger partial charge < -0.3 is 0 Å². The molecular weight excluding hydrogens is 392 g/mol. The van der Waals surface area contributed by atoms with E-state index in [4.69, 9.17) is 0 Å². The van der Waals surface area contributed by atoms with Crippen molar-refractivity contribution in [1.82, 2.24) is 0 Å². The first kappa shape index (κ1) is 19.4. The quantitative estimate of drug-likeness (QED) is 0.569. The van der Waals surface area contributed by atoms with E-state index >= 15 is 0 Å². The lowest BCUT2D eigenvalue weighted by molar-refractivity contribution is -0.123. The molecule has 6 heteroatoms. The zero-order valence-electron chi connectivity index (χ0n) is 17.2. The summed E-state index contributed by atoms with van der Waals surface area (Å²) in [5.41, 5.74) is 2.75. The fourth-order valence-corrected chi connectivity index (χ4v) is 5.25. The highest BCUT2D eigenvalue weighted by molar-refractivity contribution is 6.24. The molecule has 0 radical (unpaired) electrons. The summed E-state index contributed by atoms with van der Waals surface area (Å²) >= 11 is 0. The third-order valence-electron chi connectivity index (χ3n) is 6.72. The Morgan fingerprint density at radius 3 is 1.94 bits per heavy atom. The maximum atomic E-state index is 13.3. The van der Waals surface area contributed by atoms with Gasteiger partial charge in [-0.1, -0.05) is 47.5 Å². The van der Waals surface area contributed by atoms with Crippen LogP contribution < -0.4 is 9.80 Å². The molecule has 2 aromatic rings. The van der Waals surface area contributed by atoms with Gasteiger partial charge in [0.1, 0.15) is 0 Å². The van der Waals surface area contributed by atoms with Gasteiger partial charge in [0.15, 0.2) is 0 Å². The Bertz CT molecular complexity index is 1120. The van der Waals surface area contributed by atoms with Crippen LogP contribution in [0.25, 0.3) is 0 Å². The summed E-state index contributed by atoms with van der Waals surface area (Å²) in [5.74, 6) is -2.45. The van der Waals surface area contributed by atoms with Crippen LogP contribution in [0.1, 0.15) is 26.2 Å². The van der Waals surface area contributed by atoms with Crippen molar-refractivity contribution in [1.29, 1.82) is 0 Å². The van der Waals surface area contributed by atoms with E-state index in [1.165, 1.54) is 9.80 Å². The van der Waals surface area contributed by atoms with Crippen molar-refractivity contribution >= 4 is 35.0 Å². The summed E-state index contributed by atoms with van der Waals surface area (Å²) in [5, 5.41) is 0. The zero-order valence-corrected chi connectivity index (χ0v) is 17.2. The fourth-order valence-electron chi connectivity index (χ4n) is 5.25. The molecular formula is C25H22N2O4. The molecule has 3 aliphatic rings. The van der Waals surface area contributed by atoms with Crippen molar-refractivity contribution in [2.75, 3.05) is 9.80 Å². The van der Waals surface area contributed by atoms with Crippen molar-refractivity contribution in [3.05, 3.63) is 71.8 Å². The summed E-state index contributed by atoms with van der Waals surface area (Å²) in [6, 6.07) is 17.8. The Hall–Kier alpha value is -3.54. The minimum Gasteiger partial charge on any atom is -0.274 e. The minimum absolute atomic E-state index is 0.0995. The van der Waals surface area contributed by atoms with Crippen LogP contribution in [-0.4, -0.2) is 23.6 Å². The number of hydrogen-bond acceptors (Lipinski definition) is 4. The molecule has 3 atom stereocenters. The van der Waals surface area contributed by atoms with E-state index in [9.17, 15) is 19.2 Å². The molecule has 0 aromatic heterocycles. The van der Waals surface area contributed by atoms with Gasteiger partial charge in [-0.05, 0) is 44.0 Å². The highest BCUT2D eigenvalue weighted by Gasteiger charge is 2.53. The Balaban J connectivity index is 1.48. The second-order valence-corrected chi connectivity index (χ2v) is 8.34. The normalized spacial score (nSPS) is 26.2. The molecule has 4 amide bonds. The van der Waals surface area contributed by atoms with E-state index in [0.717, 1.165) is 11.1 Å². The third-order valence-corrected chi connectivity index (χ3v) is 6.72. The smallest absolute Gasteiger partial charge is 0.241 e. The molecule has 0 unspecified atom stereocenters. The van der Waals surface area contributed by atoms with Crippen LogP contribution in [0.3, 0.4) is 0 Å². The van der Waals surface area contributed by atoms with Crippen LogP contribution in [0.4, 0.5) is 11.4 Å². The summed E-state index contributed by atoms with van der Waals surface area (Å²) in [6.45, 7) is 1.84. The molecule has 2 fully saturated rings. The fraction of sp³-hybridized carbons (Fsp3) is 0.280. The third kappa shape index (κ3) is 2.93. The molecule has 0 spiro atoms. The van der Waals surface area contributed by atoms with E-state index in [1.807, 2.05) is 19.1 Å². The Kier molecular flexibility index (Phi) is 4.58. The van der Waals surface area contributed by atoms with E-state index in [-0.39, 0.29) is 30.0 Å². The monoisotopic (exact) mass is 414 g/mol. The first-order valence-corrected chi connectivity index (χ1v) is 10.5. The number of fused-ring (bicyclic) bond motifs is 1. The van der Waals surface area contributed by atoms with Crippen LogP contribution in [0.15, 0.2) is 71.8 Å². The lowest BCUT2D eigenvalue weighted by Crippen LogP contribution is -2.32. The number of carbonyl (C=O) groups is 4. The molecule has 156 valence electrons. The van der Waals surface area contributed by atoms with Crippen molar-refractivity contribution in [2.24, 2.45) is 17.8 Å².